The van der Waals surface area contributed by atoms with Gasteiger partial charge in [-0.1, -0.05) is 13.8 Å². The van der Waals surface area contributed by atoms with Crippen LogP contribution in [0.5, 0.6) is 0 Å². The molecule has 0 aromatic heterocycles. The van der Waals surface area contributed by atoms with Crippen LogP contribution >= 0.6 is 0 Å². The molecule has 0 radical (unpaired) electrons. The number of ketones is 1. The smallest absolute Gasteiger partial charge is 0.193 e. The minimum Gasteiger partial charge on any atom is -0.493 e. The van der Waals surface area contributed by atoms with E-state index in [1.54, 1.807) is 0 Å². The molecule has 58 valence electrons. The van der Waals surface area contributed by atoms with Crippen LogP contribution in [0.2, 0.25) is 0 Å². The molecular formula is C8H14O2. The molecule has 0 fully saturated rings. The van der Waals surface area contributed by atoms with Gasteiger partial charge in [-0.15, -0.1) is 0 Å². The van der Waals surface area contributed by atoms with Crippen LogP contribution in [0.1, 0.15) is 20.8 Å². The molecule has 0 saturated carbocycles. The summed E-state index contributed by atoms with van der Waals surface area (Å²) in [4.78, 5) is 10.7. The minimum absolute atomic E-state index is 0.0174. The molecule has 0 N–H and O–H groups in total. The first-order chi connectivity index (χ1) is 4.57. The predicted molar refractivity (Wildman–Crippen MR) is 40.6 cm³/mol. The molecule has 0 atom stereocenters. The molecule has 0 spiro atoms. The maximum Gasteiger partial charge on any atom is 0.193 e. The maximum absolute atomic E-state index is 10.7. The summed E-state index contributed by atoms with van der Waals surface area (Å²) in [6.07, 6.45) is 1.81. The minimum atomic E-state index is -0.0174. The summed E-state index contributed by atoms with van der Waals surface area (Å²) in [5, 5.41) is 0. The van der Waals surface area contributed by atoms with E-state index in [1.165, 1.54) is 14.0 Å². The number of methoxy groups -OCH3 is 1. The Morgan fingerprint density at radius 1 is 1.50 bits per heavy atom. The number of hydrogen-bond donors (Lipinski definition) is 0. The van der Waals surface area contributed by atoms with Crippen molar-refractivity contribution in [3.05, 3.63) is 11.8 Å². The van der Waals surface area contributed by atoms with Gasteiger partial charge in [-0.3, -0.25) is 4.79 Å². The molecular weight excluding hydrogens is 128 g/mol. The molecule has 2 nitrogen and oxygen atoms in total. The fraction of sp³-hybridized carbons (Fsp3) is 0.625. The summed E-state index contributed by atoms with van der Waals surface area (Å²) in [5.41, 5.74) is 0. The third-order valence-corrected chi connectivity index (χ3v) is 1.05. The average Bonchev–Trinajstić information content (AvgIpc) is 1.81. The van der Waals surface area contributed by atoms with Crippen molar-refractivity contribution in [3.8, 4) is 0 Å². The van der Waals surface area contributed by atoms with Crippen LogP contribution in [0, 0.1) is 5.92 Å². The normalized spacial score (nSPS) is 11.9. The van der Waals surface area contributed by atoms with Gasteiger partial charge in [0, 0.05) is 6.92 Å². The lowest BCUT2D eigenvalue weighted by Crippen LogP contribution is -2.00. The third kappa shape index (κ3) is 3.28. The summed E-state index contributed by atoms with van der Waals surface area (Å²) in [6, 6.07) is 0. The van der Waals surface area contributed by atoms with Crippen molar-refractivity contribution in [3.63, 3.8) is 0 Å². The lowest BCUT2D eigenvalue weighted by molar-refractivity contribution is -0.116. The van der Waals surface area contributed by atoms with E-state index >= 15 is 0 Å². The largest absolute Gasteiger partial charge is 0.493 e. The highest BCUT2D eigenvalue weighted by Crippen LogP contribution is 2.03. The molecule has 0 aliphatic rings. The molecule has 0 rings (SSSR count). The number of ether oxygens (including phenoxy) is 1. The topological polar surface area (TPSA) is 26.3 Å². The van der Waals surface area contributed by atoms with E-state index < -0.39 is 0 Å². The van der Waals surface area contributed by atoms with Gasteiger partial charge < -0.3 is 4.74 Å². The van der Waals surface area contributed by atoms with E-state index in [0.29, 0.717) is 11.7 Å². The molecule has 2 heteroatoms. The fourth-order valence-electron chi connectivity index (χ4n) is 0.632. The summed E-state index contributed by atoms with van der Waals surface area (Å²) in [5.74, 6) is 0.796. The fourth-order valence-corrected chi connectivity index (χ4v) is 0.632. The molecule has 0 unspecified atom stereocenters. The van der Waals surface area contributed by atoms with Gasteiger partial charge in [0.05, 0.1) is 7.11 Å². The Balaban J connectivity index is 4.19. The van der Waals surface area contributed by atoms with E-state index in [4.69, 9.17) is 4.74 Å². The van der Waals surface area contributed by atoms with Crippen LogP contribution in [-0.2, 0) is 9.53 Å². The molecule has 0 saturated heterocycles. The number of rotatable bonds is 3. The Bertz CT molecular complexity index is 145. The van der Waals surface area contributed by atoms with Gasteiger partial charge in [0.2, 0.25) is 0 Å². The number of carbonyl (C=O) groups excluding carboxylic acids is 1. The van der Waals surface area contributed by atoms with E-state index in [9.17, 15) is 4.79 Å². The highest BCUT2D eigenvalue weighted by atomic mass is 16.5. The van der Waals surface area contributed by atoms with Gasteiger partial charge in [0.1, 0.15) is 0 Å². The Hall–Kier alpha value is -0.790. The zero-order valence-electron chi connectivity index (χ0n) is 6.97. The average molecular weight is 142 g/mol. The zero-order chi connectivity index (χ0) is 8.15. The van der Waals surface area contributed by atoms with E-state index in [2.05, 4.69) is 0 Å². The van der Waals surface area contributed by atoms with Gasteiger partial charge in [0.15, 0.2) is 11.5 Å². The molecule has 0 aliphatic heterocycles. The molecule has 10 heavy (non-hydrogen) atoms. The number of allylic oxidation sites excluding steroid dienone is 2. The summed E-state index contributed by atoms with van der Waals surface area (Å²) in [6.45, 7) is 5.50. The van der Waals surface area contributed by atoms with Crippen molar-refractivity contribution in [2.45, 2.75) is 20.8 Å². The van der Waals surface area contributed by atoms with Crippen LogP contribution in [0.25, 0.3) is 0 Å². The van der Waals surface area contributed by atoms with Crippen LogP contribution < -0.4 is 0 Å². The summed E-state index contributed by atoms with van der Waals surface area (Å²) < 4.78 is 4.83. The molecule has 0 aliphatic carbocycles. The van der Waals surface area contributed by atoms with E-state index in [1.807, 2.05) is 19.9 Å². The lowest BCUT2D eigenvalue weighted by atomic mass is 10.2. The predicted octanol–water partition coefficient (Wildman–Crippen LogP) is 1.76. The van der Waals surface area contributed by atoms with Gasteiger partial charge in [-0.05, 0) is 12.0 Å². The Kier molecular flexibility index (Phi) is 3.77. The van der Waals surface area contributed by atoms with Crippen LogP contribution in [0.15, 0.2) is 11.8 Å². The maximum atomic E-state index is 10.7. The van der Waals surface area contributed by atoms with E-state index in [0.717, 1.165) is 0 Å². The zero-order valence-corrected chi connectivity index (χ0v) is 6.97. The quantitative estimate of drug-likeness (QED) is 0.443. The molecule has 0 amide bonds. The molecule has 0 heterocycles. The highest BCUT2D eigenvalue weighted by Gasteiger charge is 2.02. The standard InChI is InChI=1S/C8H14O2/c1-6(2)5-8(10-4)7(3)9/h5-6H,1-4H3/b8-5-. The molecule has 0 aromatic carbocycles. The van der Waals surface area contributed by atoms with Crippen LogP contribution in [0.4, 0.5) is 0 Å². The second-order valence-corrected chi connectivity index (χ2v) is 2.54. The van der Waals surface area contributed by atoms with Crippen molar-refractivity contribution in [1.29, 1.82) is 0 Å². The lowest BCUT2D eigenvalue weighted by Gasteiger charge is -2.02. The SMILES string of the molecule is CO/C(=C\C(C)C)C(C)=O. The highest BCUT2D eigenvalue weighted by molar-refractivity contribution is 5.91. The first-order valence-electron chi connectivity index (χ1n) is 3.34. The number of Topliss-reactive ketones (excluding diaryl/α,β-unsaturated/α-hetero) is 1. The number of hydrogen-bond acceptors (Lipinski definition) is 2. The van der Waals surface area contributed by atoms with Crippen LogP contribution in [-0.4, -0.2) is 12.9 Å². The Morgan fingerprint density at radius 2 is 2.00 bits per heavy atom. The first-order valence-corrected chi connectivity index (χ1v) is 3.34. The van der Waals surface area contributed by atoms with Crippen molar-refractivity contribution in [2.75, 3.05) is 7.11 Å². The monoisotopic (exact) mass is 142 g/mol. The second kappa shape index (κ2) is 4.09. The van der Waals surface area contributed by atoms with Gasteiger partial charge in [-0.25, -0.2) is 0 Å². The van der Waals surface area contributed by atoms with Crippen molar-refractivity contribution >= 4 is 5.78 Å². The van der Waals surface area contributed by atoms with Crippen LogP contribution in [0.3, 0.4) is 0 Å². The van der Waals surface area contributed by atoms with Gasteiger partial charge >= 0.3 is 0 Å². The van der Waals surface area contributed by atoms with Crippen molar-refractivity contribution < 1.29 is 9.53 Å². The third-order valence-electron chi connectivity index (χ3n) is 1.05. The summed E-state index contributed by atoms with van der Waals surface area (Å²) in [7, 11) is 1.51. The Morgan fingerprint density at radius 3 is 2.10 bits per heavy atom. The first kappa shape index (κ1) is 9.21. The molecule has 0 bridgehead atoms. The Labute approximate surface area is 61.9 Å². The second-order valence-electron chi connectivity index (χ2n) is 2.54. The molecule has 0 aromatic rings. The van der Waals surface area contributed by atoms with Crippen molar-refractivity contribution in [2.24, 2.45) is 5.92 Å². The van der Waals surface area contributed by atoms with Gasteiger partial charge in [-0.2, -0.15) is 0 Å². The van der Waals surface area contributed by atoms with E-state index in [-0.39, 0.29) is 5.78 Å². The van der Waals surface area contributed by atoms with Crippen molar-refractivity contribution in [1.82, 2.24) is 0 Å². The summed E-state index contributed by atoms with van der Waals surface area (Å²) >= 11 is 0. The number of carbonyl (C=O) groups is 1. The van der Waals surface area contributed by atoms with Gasteiger partial charge in [0.25, 0.3) is 0 Å².